The Labute approximate surface area is 154 Å². The summed E-state index contributed by atoms with van der Waals surface area (Å²) in [7, 11) is 0. The fourth-order valence-electron chi connectivity index (χ4n) is 2.69. The summed E-state index contributed by atoms with van der Waals surface area (Å²) in [6.45, 7) is 2.73. The van der Waals surface area contributed by atoms with Gasteiger partial charge in [-0.2, -0.15) is 0 Å². The minimum atomic E-state index is -0.113. The minimum absolute atomic E-state index is 0.113. The maximum absolute atomic E-state index is 12.3. The number of hydrogen-bond acceptors (Lipinski definition) is 3. The topological polar surface area (TPSA) is 54.0 Å². The van der Waals surface area contributed by atoms with Gasteiger partial charge in [-0.25, -0.2) is 0 Å². The Morgan fingerprint density at radius 1 is 0.923 bits per heavy atom. The van der Waals surface area contributed by atoms with E-state index < -0.39 is 0 Å². The molecule has 3 aromatic rings. The lowest BCUT2D eigenvalue weighted by Crippen LogP contribution is -2.25. The van der Waals surface area contributed by atoms with E-state index in [-0.39, 0.29) is 5.91 Å². The average Bonchev–Trinajstić information content (AvgIpc) is 2.69. The largest absolute Gasteiger partial charge is 0.354 e. The molecule has 0 saturated heterocycles. The number of carbonyl (C=O) groups is 1. The number of benzene rings is 2. The van der Waals surface area contributed by atoms with Gasteiger partial charge in [-0.3, -0.25) is 9.78 Å². The van der Waals surface area contributed by atoms with E-state index >= 15 is 0 Å². The van der Waals surface area contributed by atoms with E-state index in [1.54, 1.807) is 12.4 Å². The molecule has 4 heteroatoms. The summed E-state index contributed by atoms with van der Waals surface area (Å²) in [5, 5.41) is 6.24. The van der Waals surface area contributed by atoms with Gasteiger partial charge in [-0.15, -0.1) is 0 Å². The van der Waals surface area contributed by atoms with Crippen LogP contribution in [0.5, 0.6) is 0 Å². The summed E-state index contributed by atoms with van der Waals surface area (Å²) in [4.78, 5) is 16.5. The summed E-state index contributed by atoms with van der Waals surface area (Å²) in [6.07, 6.45) is 5.12. The second-order valence-corrected chi connectivity index (χ2v) is 6.13. The van der Waals surface area contributed by atoms with E-state index in [0.717, 1.165) is 24.2 Å². The van der Waals surface area contributed by atoms with Crippen LogP contribution in [0.4, 0.5) is 11.4 Å². The standard InChI is InChI=1S/C22H23N3O/c1-2-17-8-10-20(11-9-17)25-21-14-19(15-23-16-21)22(26)24-13-12-18-6-4-3-5-7-18/h3-11,14-16,25H,2,12-13H2,1H3,(H,24,26). The fourth-order valence-corrected chi connectivity index (χ4v) is 2.69. The molecule has 0 atom stereocenters. The number of rotatable bonds is 7. The van der Waals surface area contributed by atoms with Crippen molar-refractivity contribution in [2.24, 2.45) is 0 Å². The highest BCUT2D eigenvalue weighted by atomic mass is 16.1. The van der Waals surface area contributed by atoms with Crippen molar-refractivity contribution in [1.29, 1.82) is 0 Å². The lowest BCUT2D eigenvalue weighted by Gasteiger charge is -2.09. The van der Waals surface area contributed by atoms with Crippen LogP contribution in [0, 0.1) is 0 Å². The number of nitrogens with one attached hydrogen (secondary N) is 2. The molecule has 0 aliphatic carbocycles. The number of pyridine rings is 1. The Bertz CT molecular complexity index is 845. The van der Waals surface area contributed by atoms with Crippen LogP contribution in [0.15, 0.2) is 73.1 Å². The molecule has 0 fully saturated rings. The predicted octanol–water partition coefficient (Wildman–Crippen LogP) is 4.36. The Hall–Kier alpha value is -3.14. The molecule has 3 rings (SSSR count). The predicted molar refractivity (Wildman–Crippen MR) is 106 cm³/mol. The number of nitrogens with zero attached hydrogens (tertiary/aromatic N) is 1. The summed E-state index contributed by atoms with van der Waals surface area (Å²) in [6, 6.07) is 20.2. The third-order valence-corrected chi connectivity index (χ3v) is 4.19. The molecule has 132 valence electrons. The van der Waals surface area contributed by atoms with E-state index in [0.29, 0.717) is 12.1 Å². The Morgan fingerprint density at radius 3 is 2.42 bits per heavy atom. The van der Waals surface area contributed by atoms with Crippen molar-refractivity contribution in [2.45, 2.75) is 19.8 Å². The monoisotopic (exact) mass is 345 g/mol. The first-order valence-electron chi connectivity index (χ1n) is 8.88. The molecule has 1 amide bonds. The number of amides is 1. The van der Waals surface area contributed by atoms with Gasteiger partial charge in [0.1, 0.15) is 0 Å². The third kappa shape index (κ3) is 4.93. The molecule has 0 radical (unpaired) electrons. The van der Waals surface area contributed by atoms with E-state index in [1.807, 2.05) is 36.4 Å². The van der Waals surface area contributed by atoms with Crippen molar-refractivity contribution in [3.8, 4) is 0 Å². The highest BCUT2D eigenvalue weighted by Gasteiger charge is 2.07. The molecular formula is C22H23N3O. The van der Waals surface area contributed by atoms with Crippen molar-refractivity contribution >= 4 is 17.3 Å². The zero-order chi connectivity index (χ0) is 18.2. The summed E-state index contributed by atoms with van der Waals surface area (Å²) >= 11 is 0. The quantitative estimate of drug-likeness (QED) is 0.669. The number of carbonyl (C=O) groups excluding carboxylic acids is 1. The van der Waals surface area contributed by atoms with Crippen molar-refractivity contribution in [3.63, 3.8) is 0 Å². The first kappa shape index (κ1) is 17.7. The van der Waals surface area contributed by atoms with E-state index in [2.05, 4.69) is 46.8 Å². The van der Waals surface area contributed by atoms with Gasteiger partial charge < -0.3 is 10.6 Å². The van der Waals surface area contributed by atoms with Crippen LogP contribution in [0.1, 0.15) is 28.4 Å². The van der Waals surface area contributed by atoms with Gasteiger partial charge in [-0.05, 0) is 42.2 Å². The molecular weight excluding hydrogens is 322 g/mol. The van der Waals surface area contributed by atoms with Gasteiger partial charge in [0.25, 0.3) is 5.91 Å². The molecule has 1 aromatic heterocycles. The first-order valence-corrected chi connectivity index (χ1v) is 8.88. The van der Waals surface area contributed by atoms with Gasteiger partial charge in [0.2, 0.25) is 0 Å². The third-order valence-electron chi connectivity index (χ3n) is 4.19. The molecule has 0 aliphatic rings. The maximum Gasteiger partial charge on any atom is 0.252 e. The van der Waals surface area contributed by atoms with Crippen LogP contribution in [-0.4, -0.2) is 17.4 Å². The Morgan fingerprint density at radius 2 is 1.69 bits per heavy atom. The lowest BCUT2D eigenvalue weighted by atomic mass is 10.1. The second-order valence-electron chi connectivity index (χ2n) is 6.13. The highest BCUT2D eigenvalue weighted by molar-refractivity contribution is 5.94. The molecule has 1 heterocycles. The molecule has 0 bridgehead atoms. The van der Waals surface area contributed by atoms with Gasteiger partial charge in [0, 0.05) is 18.4 Å². The summed E-state index contributed by atoms with van der Waals surface area (Å²) in [5.74, 6) is -0.113. The zero-order valence-corrected chi connectivity index (χ0v) is 14.9. The van der Waals surface area contributed by atoms with E-state index in [1.165, 1.54) is 11.1 Å². The van der Waals surface area contributed by atoms with Crippen LogP contribution in [0.3, 0.4) is 0 Å². The number of aromatic nitrogens is 1. The molecule has 0 saturated carbocycles. The molecule has 2 N–H and O–H groups in total. The lowest BCUT2D eigenvalue weighted by molar-refractivity contribution is 0.0954. The summed E-state index contributed by atoms with van der Waals surface area (Å²) < 4.78 is 0. The SMILES string of the molecule is CCc1ccc(Nc2cncc(C(=O)NCCc3ccccc3)c2)cc1. The van der Waals surface area contributed by atoms with Crippen LogP contribution >= 0.6 is 0 Å². The van der Waals surface area contributed by atoms with Gasteiger partial charge >= 0.3 is 0 Å². The number of hydrogen-bond donors (Lipinski definition) is 2. The van der Waals surface area contributed by atoms with Crippen molar-refractivity contribution in [2.75, 3.05) is 11.9 Å². The Kier molecular flexibility index (Phi) is 5.99. The molecule has 2 aromatic carbocycles. The van der Waals surface area contributed by atoms with Gasteiger partial charge in [0.05, 0.1) is 17.4 Å². The van der Waals surface area contributed by atoms with Crippen LogP contribution in [-0.2, 0) is 12.8 Å². The van der Waals surface area contributed by atoms with Gasteiger partial charge in [-0.1, -0.05) is 49.4 Å². The number of aryl methyl sites for hydroxylation is 1. The maximum atomic E-state index is 12.3. The zero-order valence-electron chi connectivity index (χ0n) is 14.9. The van der Waals surface area contributed by atoms with Crippen LogP contribution < -0.4 is 10.6 Å². The smallest absolute Gasteiger partial charge is 0.252 e. The summed E-state index contributed by atoms with van der Waals surface area (Å²) in [5.41, 5.74) is 4.82. The first-order chi connectivity index (χ1) is 12.7. The molecule has 0 spiro atoms. The van der Waals surface area contributed by atoms with Crippen molar-refractivity contribution in [3.05, 3.63) is 89.7 Å². The fraction of sp³-hybridized carbons (Fsp3) is 0.182. The van der Waals surface area contributed by atoms with E-state index in [4.69, 9.17) is 0 Å². The van der Waals surface area contributed by atoms with Crippen molar-refractivity contribution in [1.82, 2.24) is 10.3 Å². The van der Waals surface area contributed by atoms with E-state index in [9.17, 15) is 4.79 Å². The Balaban J connectivity index is 1.58. The molecule has 26 heavy (non-hydrogen) atoms. The molecule has 4 nitrogen and oxygen atoms in total. The molecule has 0 unspecified atom stereocenters. The highest BCUT2D eigenvalue weighted by Crippen LogP contribution is 2.17. The van der Waals surface area contributed by atoms with Crippen LogP contribution in [0.25, 0.3) is 0 Å². The molecule has 0 aliphatic heterocycles. The average molecular weight is 345 g/mol. The number of anilines is 2. The minimum Gasteiger partial charge on any atom is -0.354 e. The normalized spacial score (nSPS) is 10.3. The van der Waals surface area contributed by atoms with Crippen LogP contribution in [0.2, 0.25) is 0 Å². The van der Waals surface area contributed by atoms with Gasteiger partial charge in [0.15, 0.2) is 0 Å². The van der Waals surface area contributed by atoms with Crippen molar-refractivity contribution < 1.29 is 4.79 Å². The second kappa shape index (κ2) is 8.81.